The average Bonchev–Trinajstić information content (AvgIpc) is 2.78. The Hall–Kier alpha value is -2.14. The van der Waals surface area contributed by atoms with Crippen molar-refractivity contribution < 1.29 is 15.3 Å². The van der Waals surface area contributed by atoms with E-state index >= 15 is 0 Å². The van der Waals surface area contributed by atoms with E-state index in [4.69, 9.17) is 0 Å². The summed E-state index contributed by atoms with van der Waals surface area (Å²) in [5.41, 5.74) is 5.64. The van der Waals surface area contributed by atoms with Gasteiger partial charge in [-0.1, -0.05) is 50.3 Å². The molecule has 0 amide bonds. The maximum atomic E-state index is 10.4. The predicted octanol–water partition coefficient (Wildman–Crippen LogP) is 5.06. The number of allylic oxidation sites excluding steroid dienone is 2. The summed E-state index contributed by atoms with van der Waals surface area (Å²) in [6.07, 6.45) is 6.30. The molecule has 0 aliphatic rings. The summed E-state index contributed by atoms with van der Waals surface area (Å²) in [4.78, 5) is 0. The van der Waals surface area contributed by atoms with E-state index in [1.54, 1.807) is 0 Å². The fraction of sp³-hybridized carbons (Fsp3) is 0.462. The van der Waals surface area contributed by atoms with Gasteiger partial charge < -0.3 is 20.6 Å². The second kappa shape index (κ2) is 11.9. The highest BCUT2D eigenvalue weighted by Gasteiger charge is 2.20. The minimum atomic E-state index is -0.550. The van der Waals surface area contributed by atoms with E-state index in [1.165, 1.54) is 11.1 Å². The van der Waals surface area contributed by atoms with Gasteiger partial charge in [-0.25, -0.2) is 0 Å². The van der Waals surface area contributed by atoms with Crippen molar-refractivity contribution in [3.05, 3.63) is 70.8 Å². The first-order valence-electron chi connectivity index (χ1n) is 11.0. The normalized spacial score (nSPS) is 12.3. The van der Waals surface area contributed by atoms with Crippen LogP contribution in [0.1, 0.15) is 68.7 Å². The highest BCUT2D eigenvalue weighted by atomic mass is 16.3. The first-order chi connectivity index (χ1) is 14.4. The molecule has 30 heavy (non-hydrogen) atoms. The van der Waals surface area contributed by atoms with E-state index < -0.39 is 5.60 Å². The van der Waals surface area contributed by atoms with Crippen molar-refractivity contribution in [3.63, 3.8) is 0 Å². The fourth-order valence-corrected chi connectivity index (χ4v) is 3.64. The van der Waals surface area contributed by atoms with Gasteiger partial charge in [0.25, 0.3) is 0 Å². The van der Waals surface area contributed by atoms with Crippen molar-refractivity contribution in [3.8, 4) is 0 Å². The van der Waals surface area contributed by atoms with Gasteiger partial charge in [-0.05, 0) is 79.0 Å². The Bertz CT molecular complexity index is 825. The standard InChI is InChI=1S/C26H37NO3/c1-4-26(30,5-2)14-7-8-20(3)22-9-6-10-25(17-22)27-15-13-21-11-12-23(18-28)24(16-21)19-29/h6,8-12,16-17,27-30H,4-5,7,13-15,18-19H2,1-3H3/b20-8-. The Morgan fingerprint density at radius 3 is 2.40 bits per heavy atom. The van der Waals surface area contributed by atoms with Crippen LogP contribution in [-0.2, 0) is 19.6 Å². The van der Waals surface area contributed by atoms with Crippen LogP contribution in [-0.4, -0.2) is 27.5 Å². The van der Waals surface area contributed by atoms with Gasteiger partial charge in [0, 0.05) is 12.2 Å². The molecule has 0 radical (unpaired) electrons. The smallest absolute Gasteiger partial charge is 0.0685 e. The Balaban J connectivity index is 1.93. The Labute approximate surface area is 181 Å². The zero-order valence-corrected chi connectivity index (χ0v) is 18.6. The number of benzene rings is 2. The molecule has 4 nitrogen and oxygen atoms in total. The SMILES string of the molecule is CCC(O)(CC)CC/C=C(/C)c1cccc(NCCc2ccc(CO)c(CO)c2)c1. The quantitative estimate of drug-likeness (QED) is 0.394. The van der Waals surface area contributed by atoms with Crippen molar-refractivity contribution in [2.75, 3.05) is 11.9 Å². The van der Waals surface area contributed by atoms with Crippen molar-refractivity contribution in [1.82, 2.24) is 0 Å². The maximum absolute atomic E-state index is 10.4. The highest BCUT2D eigenvalue weighted by Crippen LogP contribution is 2.24. The van der Waals surface area contributed by atoms with Gasteiger partial charge >= 0.3 is 0 Å². The summed E-state index contributed by atoms with van der Waals surface area (Å²) in [5, 5.41) is 32.7. The van der Waals surface area contributed by atoms with E-state index in [2.05, 4.69) is 42.6 Å². The topological polar surface area (TPSA) is 72.7 Å². The van der Waals surface area contributed by atoms with Crippen LogP contribution in [0.5, 0.6) is 0 Å². The molecule has 0 unspecified atom stereocenters. The number of hydrogen-bond acceptors (Lipinski definition) is 4. The van der Waals surface area contributed by atoms with Crippen LogP contribution in [0.3, 0.4) is 0 Å². The summed E-state index contributed by atoms with van der Waals surface area (Å²) in [6, 6.07) is 14.2. The van der Waals surface area contributed by atoms with Crippen LogP contribution in [0, 0.1) is 0 Å². The Kier molecular flexibility index (Phi) is 9.57. The summed E-state index contributed by atoms with van der Waals surface area (Å²) in [5.74, 6) is 0. The third kappa shape index (κ3) is 6.98. The van der Waals surface area contributed by atoms with Crippen molar-refractivity contribution >= 4 is 11.3 Å². The molecule has 2 aromatic carbocycles. The summed E-state index contributed by atoms with van der Waals surface area (Å²) in [7, 11) is 0. The van der Waals surface area contributed by atoms with Crippen molar-refractivity contribution in [1.29, 1.82) is 0 Å². The summed E-state index contributed by atoms with van der Waals surface area (Å²) in [6.45, 7) is 6.88. The molecular weight excluding hydrogens is 374 g/mol. The monoisotopic (exact) mass is 411 g/mol. The minimum Gasteiger partial charge on any atom is -0.392 e. The second-order valence-corrected chi connectivity index (χ2v) is 8.03. The molecule has 4 N–H and O–H groups in total. The predicted molar refractivity (Wildman–Crippen MR) is 125 cm³/mol. The molecule has 0 spiro atoms. The molecule has 2 aromatic rings. The fourth-order valence-electron chi connectivity index (χ4n) is 3.64. The first-order valence-corrected chi connectivity index (χ1v) is 11.0. The molecule has 164 valence electrons. The van der Waals surface area contributed by atoms with Crippen LogP contribution >= 0.6 is 0 Å². The van der Waals surface area contributed by atoms with Crippen LogP contribution in [0.25, 0.3) is 5.57 Å². The van der Waals surface area contributed by atoms with Crippen molar-refractivity contribution in [2.24, 2.45) is 0 Å². The number of nitrogens with one attached hydrogen (secondary N) is 1. The lowest BCUT2D eigenvalue weighted by Crippen LogP contribution is -2.25. The highest BCUT2D eigenvalue weighted by molar-refractivity contribution is 5.67. The van der Waals surface area contributed by atoms with E-state index in [-0.39, 0.29) is 13.2 Å². The minimum absolute atomic E-state index is 0.0513. The van der Waals surface area contributed by atoms with E-state index in [0.29, 0.717) is 0 Å². The number of hydrogen-bond donors (Lipinski definition) is 4. The molecule has 0 atom stereocenters. The van der Waals surface area contributed by atoms with Gasteiger partial charge in [0.15, 0.2) is 0 Å². The molecular formula is C26H37NO3. The zero-order valence-electron chi connectivity index (χ0n) is 18.6. The number of aliphatic hydroxyl groups is 3. The molecule has 0 fully saturated rings. The van der Waals surface area contributed by atoms with Gasteiger partial charge in [-0.2, -0.15) is 0 Å². The van der Waals surface area contributed by atoms with Crippen LogP contribution in [0.2, 0.25) is 0 Å². The molecule has 0 saturated carbocycles. The first kappa shape index (κ1) is 24.1. The maximum Gasteiger partial charge on any atom is 0.0685 e. The van der Waals surface area contributed by atoms with Gasteiger partial charge in [-0.15, -0.1) is 0 Å². The van der Waals surface area contributed by atoms with Gasteiger partial charge in [0.1, 0.15) is 0 Å². The lowest BCUT2D eigenvalue weighted by molar-refractivity contribution is 0.0246. The largest absolute Gasteiger partial charge is 0.392 e. The molecule has 0 aliphatic carbocycles. The molecule has 0 aliphatic heterocycles. The zero-order chi connectivity index (χ0) is 22.0. The Morgan fingerprint density at radius 2 is 1.73 bits per heavy atom. The number of rotatable bonds is 12. The van der Waals surface area contributed by atoms with Crippen LogP contribution in [0.15, 0.2) is 48.5 Å². The number of anilines is 1. The van der Waals surface area contributed by atoms with Crippen LogP contribution < -0.4 is 5.32 Å². The number of aliphatic hydroxyl groups excluding tert-OH is 2. The molecule has 0 saturated heterocycles. The summed E-state index contributed by atoms with van der Waals surface area (Å²) >= 11 is 0. The molecule has 0 heterocycles. The van der Waals surface area contributed by atoms with Gasteiger partial charge in [-0.3, -0.25) is 0 Å². The average molecular weight is 412 g/mol. The van der Waals surface area contributed by atoms with E-state index in [9.17, 15) is 15.3 Å². The lowest BCUT2D eigenvalue weighted by atomic mass is 9.91. The lowest BCUT2D eigenvalue weighted by Gasteiger charge is -2.24. The third-order valence-electron chi connectivity index (χ3n) is 6.05. The Morgan fingerprint density at radius 1 is 1.00 bits per heavy atom. The van der Waals surface area contributed by atoms with Crippen LogP contribution in [0.4, 0.5) is 5.69 Å². The molecule has 4 heteroatoms. The molecule has 2 rings (SSSR count). The van der Waals surface area contributed by atoms with E-state index in [1.807, 2.05) is 32.0 Å². The molecule has 0 aromatic heterocycles. The van der Waals surface area contributed by atoms with E-state index in [0.717, 1.165) is 61.0 Å². The van der Waals surface area contributed by atoms with Gasteiger partial charge in [0.05, 0.1) is 18.8 Å². The second-order valence-electron chi connectivity index (χ2n) is 8.03. The van der Waals surface area contributed by atoms with Gasteiger partial charge in [0.2, 0.25) is 0 Å². The summed E-state index contributed by atoms with van der Waals surface area (Å²) < 4.78 is 0. The van der Waals surface area contributed by atoms with Crippen molar-refractivity contribution in [2.45, 2.75) is 71.7 Å². The molecule has 0 bridgehead atoms. The third-order valence-corrected chi connectivity index (χ3v) is 6.05.